The average Bonchev–Trinajstić information content (AvgIpc) is 3.67. The highest BCUT2D eigenvalue weighted by Crippen LogP contribution is 2.45. The number of rotatable bonds is 4. The molecule has 0 bridgehead atoms. The van der Waals surface area contributed by atoms with Crippen LogP contribution in [0.3, 0.4) is 0 Å². The van der Waals surface area contributed by atoms with E-state index in [4.69, 9.17) is 4.42 Å². The number of hydrogen-bond donors (Lipinski definition) is 0. The van der Waals surface area contributed by atoms with Gasteiger partial charge >= 0.3 is 0 Å². The van der Waals surface area contributed by atoms with Crippen molar-refractivity contribution in [1.82, 2.24) is 4.57 Å². The lowest BCUT2D eigenvalue weighted by Crippen LogP contribution is -2.11. The Labute approximate surface area is 271 Å². The summed E-state index contributed by atoms with van der Waals surface area (Å²) < 4.78 is 8.65. The van der Waals surface area contributed by atoms with Gasteiger partial charge in [0.05, 0.1) is 16.7 Å². The quantitative estimate of drug-likeness (QED) is 0.187. The van der Waals surface area contributed by atoms with Gasteiger partial charge in [-0.3, -0.25) is 0 Å². The molecule has 0 aliphatic rings. The molecule has 0 fully saturated rings. The SMILES string of the molecule is c1ccc(-n2c3ccccc3c3ccc(N(c4ccc5oc6ccccc6c5c4)c4cc5ccccc5c5ccccc45)cc32)cc1. The van der Waals surface area contributed by atoms with Crippen LogP contribution in [0.25, 0.3) is 71.0 Å². The van der Waals surface area contributed by atoms with E-state index >= 15 is 0 Å². The highest BCUT2D eigenvalue weighted by molar-refractivity contribution is 6.16. The maximum atomic E-state index is 6.26. The molecule has 10 aromatic rings. The molecule has 0 saturated carbocycles. The lowest BCUT2D eigenvalue weighted by Gasteiger charge is -2.28. The average molecular weight is 601 g/mol. The van der Waals surface area contributed by atoms with Gasteiger partial charge in [0, 0.05) is 44.0 Å². The predicted molar refractivity (Wildman–Crippen MR) is 198 cm³/mol. The second kappa shape index (κ2) is 10.1. The van der Waals surface area contributed by atoms with Crippen molar-refractivity contribution in [3.05, 3.63) is 170 Å². The number of para-hydroxylation sites is 3. The summed E-state index contributed by atoms with van der Waals surface area (Å²) in [5.74, 6) is 0. The Balaban J connectivity index is 1.31. The lowest BCUT2D eigenvalue weighted by molar-refractivity contribution is 0.669. The third kappa shape index (κ3) is 3.93. The van der Waals surface area contributed by atoms with Crippen molar-refractivity contribution in [3.63, 3.8) is 0 Å². The number of hydrogen-bond acceptors (Lipinski definition) is 2. The molecule has 10 rings (SSSR count). The molecule has 220 valence electrons. The monoisotopic (exact) mass is 600 g/mol. The molecule has 0 radical (unpaired) electrons. The van der Waals surface area contributed by atoms with Crippen LogP contribution in [0.15, 0.2) is 174 Å². The van der Waals surface area contributed by atoms with Crippen molar-refractivity contribution >= 4 is 82.4 Å². The third-order valence-corrected chi connectivity index (χ3v) is 9.54. The molecule has 3 heteroatoms. The van der Waals surface area contributed by atoms with E-state index in [2.05, 4.69) is 167 Å². The van der Waals surface area contributed by atoms with Crippen molar-refractivity contribution in [2.75, 3.05) is 4.90 Å². The number of furan rings is 1. The summed E-state index contributed by atoms with van der Waals surface area (Å²) >= 11 is 0. The van der Waals surface area contributed by atoms with Crippen LogP contribution in [0.4, 0.5) is 17.1 Å². The van der Waals surface area contributed by atoms with Gasteiger partial charge in [0.25, 0.3) is 0 Å². The molecule has 0 aliphatic carbocycles. The predicted octanol–water partition coefficient (Wildman–Crippen LogP) is 12.5. The molecule has 0 amide bonds. The minimum absolute atomic E-state index is 0.887. The highest BCUT2D eigenvalue weighted by atomic mass is 16.3. The molecule has 0 saturated heterocycles. The zero-order valence-corrected chi connectivity index (χ0v) is 25.5. The van der Waals surface area contributed by atoms with Crippen molar-refractivity contribution in [3.8, 4) is 5.69 Å². The number of fused-ring (bicyclic) bond motifs is 9. The maximum absolute atomic E-state index is 6.26. The van der Waals surface area contributed by atoms with Crippen molar-refractivity contribution in [1.29, 1.82) is 0 Å². The van der Waals surface area contributed by atoms with Crippen LogP contribution >= 0.6 is 0 Å². The van der Waals surface area contributed by atoms with Gasteiger partial charge in [-0.25, -0.2) is 0 Å². The minimum atomic E-state index is 0.887. The van der Waals surface area contributed by atoms with Crippen LogP contribution in [-0.4, -0.2) is 4.57 Å². The molecule has 47 heavy (non-hydrogen) atoms. The van der Waals surface area contributed by atoms with Gasteiger partial charge in [-0.1, -0.05) is 109 Å². The number of anilines is 3. The molecule has 8 aromatic carbocycles. The third-order valence-electron chi connectivity index (χ3n) is 9.54. The first kappa shape index (κ1) is 26.0. The Bertz CT molecular complexity index is 2810. The van der Waals surface area contributed by atoms with Crippen LogP contribution in [0.2, 0.25) is 0 Å². The fraction of sp³-hybridized carbons (Fsp3) is 0. The minimum Gasteiger partial charge on any atom is -0.456 e. The van der Waals surface area contributed by atoms with Crippen LogP contribution < -0.4 is 4.90 Å². The highest BCUT2D eigenvalue weighted by Gasteiger charge is 2.21. The van der Waals surface area contributed by atoms with E-state index in [1.165, 1.54) is 43.4 Å². The first-order chi connectivity index (χ1) is 23.3. The Morgan fingerprint density at radius 2 is 1.00 bits per heavy atom. The fourth-order valence-corrected chi connectivity index (χ4v) is 7.45. The van der Waals surface area contributed by atoms with Gasteiger partial charge in [0.15, 0.2) is 0 Å². The Morgan fingerprint density at radius 1 is 0.383 bits per heavy atom. The second-order valence-electron chi connectivity index (χ2n) is 12.2. The lowest BCUT2D eigenvalue weighted by atomic mass is 9.98. The Hall–Kier alpha value is -6.32. The van der Waals surface area contributed by atoms with Gasteiger partial charge in [-0.05, 0) is 76.8 Å². The summed E-state index contributed by atoms with van der Waals surface area (Å²) in [6.07, 6.45) is 0. The first-order valence-corrected chi connectivity index (χ1v) is 16.0. The summed E-state index contributed by atoms with van der Waals surface area (Å²) in [5.41, 5.74) is 8.59. The molecule has 0 aliphatic heterocycles. The second-order valence-corrected chi connectivity index (χ2v) is 12.2. The van der Waals surface area contributed by atoms with Crippen LogP contribution in [-0.2, 0) is 0 Å². The smallest absolute Gasteiger partial charge is 0.135 e. The largest absolute Gasteiger partial charge is 0.456 e. The summed E-state index contributed by atoms with van der Waals surface area (Å²) in [7, 11) is 0. The van der Waals surface area contributed by atoms with Gasteiger partial charge in [-0.15, -0.1) is 0 Å². The van der Waals surface area contributed by atoms with Crippen LogP contribution in [0.1, 0.15) is 0 Å². The Morgan fingerprint density at radius 3 is 1.87 bits per heavy atom. The van der Waals surface area contributed by atoms with Gasteiger partial charge in [0.2, 0.25) is 0 Å². The van der Waals surface area contributed by atoms with E-state index in [0.717, 1.165) is 44.7 Å². The van der Waals surface area contributed by atoms with E-state index in [0.29, 0.717) is 0 Å². The molecule has 0 atom stereocenters. The van der Waals surface area contributed by atoms with Crippen molar-refractivity contribution in [2.24, 2.45) is 0 Å². The molecular weight excluding hydrogens is 572 g/mol. The zero-order valence-electron chi connectivity index (χ0n) is 25.5. The first-order valence-electron chi connectivity index (χ1n) is 16.0. The van der Waals surface area contributed by atoms with Gasteiger partial charge in [0.1, 0.15) is 11.2 Å². The molecule has 0 N–H and O–H groups in total. The van der Waals surface area contributed by atoms with Crippen LogP contribution in [0.5, 0.6) is 0 Å². The zero-order chi connectivity index (χ0) is 30.9. The van der Waals surface area contributed by atoms with E-state index < -0.39 is 0 Å². The van der Waals surface area contributed by atoms with Crippen molar-refractivity contribution < 1.29 is 4.42 Å². The molecule has 3 nitrogen and oxygen atoms in total. The van der Waals surface area contributed by atoms with Gasteiger partial charge < -0.3 is 13.9 Å². The summed E-state index contributed by atoms with van der Waals surface area (Å²) in [5, 5.41) is 9.59. The number of benzene rings is 8. The number of aromatic nitrogens is 1. The molecule has 2 aromatic heterocycles. The molecule has 0 spiro atoms. The summed E-state index contributed by atoms with van der Waals surface area (Å²) in [6, 6.07) is 60.9. The summed E-state index contributed by atoms with van der Waals surface area (Å²) in [4.78, 5) is 2.42. The maximum Gasteiger partial charge on any atom is 0.135 e. The molecule has 0 unspecified atom stereocenters. The van der Waals surface area contributed by atoms with Crippen LogP contribution in [0, 0.1) is 0 Å². The summed E-state index contributed by atoms with van der Waals surface area (Å²) in [6.45, 7) is 0. The number of nitrogens with zero attached hydrogens (tertiary/aromatic N) is 2. The topological polar surface area (TPSA) is 21.3 Å². The normalized spacial score (nSPS) is 11.8. The van der Waals surface area contributed by atoms with E-state index in [1.54, 1.807) is 0 Å². The van der Waals surface area contributed by atoms with E-state index in [1.807, 2.05) is 12.1 Å². The van der Waals surface area contributed by atoms with Crippen molar-refractivity contribution in [2.45, 2.75) is 0 Å². The van der Waals surface area contributed by atoms with E-state index in [-0.39, 0.29) is 0 Å². The molecular formula is C44H28N2O. The fourth-order valence-electron chi connectivity index (χ4n) is 7.45. The Kier molecular flexibility index (Phi) is 5.57. The van der Waals surface area contributed by atoms with E-state index in [9.17, 15) is 0 Å². The molecule has 2 heterocycles. The van der Waals surface area contributed by atoms with Gasteiger partial charge in [-0.2, -0.15) is 0 Å². The standard InChI is InChI=1S/C44H28N2O/c1-2-13-30(14-3-1)46-40-20-10-8-18-36(40)37-24-22-32(28-42(37)46)45(31-23-25-44-39(27-31)38-19-9-11-21-43(38)47-44)41-26-29-12-4-5-15-33(29)34-16-6-7-17-35(34)41/h1-28H.